The fourth-order valence-corrected chi connectivity index (χ4v) is 3.23. The Kier molecular flexibility index (Phi) is 9.79. The van der Waals surface area contributed by atoms with Crippen LogP contribution in [0.15, 0.2) is 35.3 Å². The van der Waals surface area contributed by atoms with Gasteiger partial charge >= 0.3 is 0 Å². The molecule has 1 aromatic rings. The van der Waals surface area contributed by atoms with Gasteiger partial charge in [-0.3, -0.25) is 4.99 Å². The fourth-order valence-electron chi connectivity index (χ4n) is 3.23. The topological polar surface area (TPSA) is 56.7 Å². The molecule has 142 valence electrons. The summed E-state index contributed by atoms with van der Waals surface area (Å²) < 4.78 is 0. The Bertz CT molecular complexity index is 511. The molecule has 0 bridgehead atoms. The van der Waals surface area contributed by atoms with Crippen molar-refractivity contribution in [2.75, 3.05) is 13.1 Å². The van der Waals surface area contributed by atoms with Crippen molar-refractivity contribution in [1.29, 1.82) is 0 Å². The van der Waals surface area contributed by atoms with Gasteiger partial charge in [0.15, 0.2) is 5.96 Å². The molecule has 0 spiro atoms. The van der Waals surface area contributed by atoms with Gasteiger partial charge in [-0.05, 0) is 50.0 Å². The number of aliphatic hydroxyl groups excluding tert-OH is 1. The Morgan fingerprint density at radius 1 is 1.16 bits per heavy atom. The van der Waals surface area contributed by atoms with Crippen LogP contribution in [-0.4, -0.2) is 36.3 Å². The minimum absolute atomic E-state index is 0. The van der Waals surface area contributed by atoms with E-state index in [1.807, 2.05) is 0 Å². The SMILES string of the molecule is CCNC(=NCC(C)(C)Cc1ccccc1)NC1CCC(O)CC1.I. The normalized spacial score (nSPS) is 21.4. The maximum absolute atomic E-state index is 9.64. The van der Waals surface area contributed by atoms with Crippen LogP contribution in [0.2, 0.25) is 0 Å². The van der Waals surface area contributed by atoms with Crippen LogP contribution in [-0.2, 0) is 6.42 Å². The molecule has 4 nitrogen and oxygen atoms in total. The Labute approximate surface area is 169 Å². The lowest BCUT2D eigenvalue weighted by Gasteiger charge is -2.28. The molecule has 2 rings (SSSR count). The highest BCUT2D eigenvalue weighted by Gasteiger charge is 2.21. The molecular weight excluding hydrogens is 425 g/mol. The molecule has 0 aliphatic heterocycles. The second-order valence-corrected chi connectivity index (χ2v) is 7.67. The van der Waals surface area contributed by atoms with Crippen LogP contribution in [0, 0.1) is 5.41 Å². The molecule has 1 aliphatic carbocycles. The highest BCUT2D eigenvalue weighted by molar-refractivity contribution is 14.0. The predicted molar refractivity (Wildman–Crippen MR) is 117 cm³/mol. The van der Waals surface area contributed by atoms with Gasteiger partial charge in [0.05, 0.1) is 6.10 Å². The highest BCUT2D eigenvalue weighted by Crippen LogP contribution is 2.22. The second kappa shape index (κ2) is 11.0. The van der Waals surface area contributed by atoms with Crippen molar-refractivity contribution in [3.8, 4) is 0 Å². The Morgan fingerprint density at radius 3 is 2.40 bits per heavy atom. The maximum Gasteiger partial charge on any atom is 0.191 e. The smallest absolute Gasteiger partial charge is 0.191 e. The number of hydrogen-bond acceptors (Lipinski definition) is 2. The molecule has 5 heteroatoms. The van der Waals surface area contributed by atoms with Crippen LogP contribution in [0.1, 0.15) is 52.0 Å². The van der Waals surface area contributed by atoms with E-state index in [9.17, 15) is 5.11 Å². The number of guanidine groups is 1. The number of aliphatic hydroxyl groups is 1. The zero-order chi connectivity index (χ0) is 17.4. The van der Waals surface area contributed by atoms with Gasteiger partial charge in [-0.25, -0.2) is 0 Å². The fraction of sp³-hybridized carbons (Fsp3) is 0.650. The van der Waals surface area contributed by atoms with Crippen molar-refractivity contribution in [1.82, 2.24) is 10.6 Å². The molecule has 0 amide bonds. The molecule has 1 aliphatic rings. The number of nitrogens with one attached hydrogen (secondary N) is 2. The third-order valence-electron chi connectivity index (χ3n) is 4.57. The van der Waals surface area contributed by atoms with Gasteiger partial charge in [0.2, 0.25) is 0 Å². The van der Waals surface area contributed by atoms with Gasteiger partial charge < -0.3 is 15.7 Å². The van der Waals surface area contributed by atoms with Crippen molar-refractivity contribution in [2.24, 2.45) is 10.4 Å². The summed E-state index contributed by atoms with van der Waals surface area (Å²) in [6, 6.07) is 11.0. The van der Waals surface area contributed by atoms with Gasteiger partial charge in [0.1, 0.15) is 0 Å². The van der Waals surface area contributed by atoms with Crippen LogP contribution in [0.4, 0.5) is 0 Å². The zero-order valence-corrected chi connectivity index (χ0v) is 18.1. The number of hydrogen-bond donors (Lipinski definition) is 3. The maximum atomic E-state index is 9.64. The Hall–Kier alpha value is -0.820. The summed E-state index contributed by atoms with van der Waals surface area (Å²) in [5, 5.41) is 16.5. The summed E-state index contributed by atoms with van der Waals surface area (Å²) in [4.78, 5) is 4.83. The van der Waals surface area contributed by atoms with E-state index in [-0.39, 0.29) is 35.5 Å². The highest BCUT2D eigenvalue weighted by atomic mass is 127. The molecule has 1 aromatic carbocycles. The average molecular weight is 459 g/mol. The summed E-state index contributed by atoms with van der Waals surface area (Å²) in [6.07, 6.45) is 4.70. The molecule has 1 fully saturated rings. The van der Waals surface area contributed by atoms with Gasteiger partial charge in [0, 0.05) is 19.1 Å². The average Bonchev–Trinajstić information content (AvgIpc) is 2.55. The minimum atomic E-state index is -0.118. The van der Waals surface area contributed by atoms with Crippen LogP contribution in [0.3, 0.4) is 0 Å². The van der Waals surface area contributed by atoms with Gasteiger partial charge in [-0.1, -0.05) is 44.2 Å². The number of rotatable bonds is 6. The van der Waals surface area contributed by atoms with E-state index >= 15 is 0 Å². The van der Waals surface area contributed by atoms with E-state index in [2.05, 4.69) is 61.7 Å². The van der Waals surface area contributed by atoms with E-state index < -0.39 is 0 Å². The van der Waals surface area contributed by atoms with Crippen molar-refractivity contribution in [3.05, 3.63) is 35.9 Å². The lowest BCUT2D eigenvalue weighted by Crippen LogP contribution is -2.45. The Balaban J connectivity index is 0.00000312. The number of aliphatic imine (C=N–C) groups is 1. The first kappa shape index (κ1) is 22.2. The predicted octanol–water partition coefficient (Wildman–Crippen LogP) is 3.73. The molecule has 0 atom stereocenters. The van der Waals surface area contributed by atoms with Crippen molar-refractivity contribution in [3.63, 3.8) is 0 Å². The number of nitrogens with zero attached hydrogens (tertiary/aromatic N) is 1. The summed E-state index contributed by atoms with van der Waals surface area (Å²) in [5.41, 5.74) is 1.48. The van der Waals surface area contributed by atoms with Crippen molar-refractivity contribution < 1.29 is 5.11 Å². The molecule has 0 unspecified atom stereocenters. The summed E-state index contributed by atoms with van der Waals surface area (Å²) >= 11 is 0. The minimum Gasteiger partial charge on any atom is -0.393 e. The molecule has 25 heavy (non-hydrogen) atoms. The van der Waals surface area contributed by atoms with Gasteiger partial charge in [0.25, 0.3) is 0 Å². The second-order valence-electron chi connectivity index (χ2n) is 7.67. The first-order chi connectivity index (χ1) is 11.5. The summed E-state index contributed by atoms with van der Waals surface area (Å²) in [5.74, 6) is 0.903. The lowest BCUT2D eigenvalue weighted by atomic mass is 9.86. The molecule has 0 radical (unpaired) electrons. The van der Waals surface area contributed by atoms with E-state index in [0.29, 0.717) is 6.04 Å². The van der Waals surface area contributed by atoms with Crippen LogP contribution < -0.4 is 10.6 Å². The quantitative estimate of drug-likeness (QED) is 0.345. The van der Waals surface area contributed by atoms with E-state index in [4.69, 9.17) is 4.99 Å². The number of halogens is 1. The van der Waals surface area contributed by atoms with Gasteiger partial charge in [-0.2, -0.15) is 0 Å². The molecule has 0 aromatic heterocycles. The lowest BCUT2D eigenvalue weighted by molar-refractivity contribution is 0.120. The van der Waals surface area contributed by atoms with Gasteiger partial charge in [-0.15, -0.1) is 24.0 Å². The van der Waals surface area contributed by atoms with Crippen LogP contribution in [0.25, 0.3) is 0 Å². The third-order valence-corrected chi connectivity index (χ3v) is 4.57. The van der Waals surface area contributed by atoms with E-state index in [0.717, 1.165) is 51.2 Å². The molecule has 0 saturated heterocycles. The van der Waals surface area contributed by atoms with Crippen molar-refractivity contribution >= 4 is 29.9 Å². The van der Waals surface area contributed by atoms with Crippen molar-refractivity contribution in [2.45, 2.75) is 65.0 Å². The molecule has 1 saturated carbocycles. The monoisotopic (exact) mass is 459 g/mol. The first-order valence-electron chi connectivity index (χ1n) is 9.25. The van der Waals surface area contributed by atoms with Crippen LogP contribution >= 0.6 is 24.0 Å². The largest absolute Gasteiger partial charge is 0.393 e. The number of benzene rings is 1. The summed E-state index contributed by atoms with van der Waals surface area (Å²) in [7, 11) is 0. The summed E-state index contributed by atoms with van der Waals surface area (Å²) in [6.45, 7) is 8.28. The standard InChI is InChI=1S/C20H33N3O.HI/c1-4-21-19(23-17-10-12-18(24)13-11-17)22-15-20(2,3)14-16-8-6-5-7-9-16;/h5-9,17-18,24H,4,10-15H2,1-3H3,(H2,21,22,23);1H. The molecule has 0 heterocycles. The van der Waals surface area contributed by atoms with E-state index in [1.54, 1.807) is 0 Å². The molecule has 3 N–H and O–H groups in total. The van der Waals surface area contributed by atoms with Crippen LogP contribution in [0.5, 0.6) is 0 Å². The first-order valence-corrected chi connectivity index (χ1v) is 9.25. The molecular formula is C20H34IN3O. The third kappa shape index (κ3) is 8.40. The zero-order valence-electron chi connectivity index (χ0n) is 15.8. The Morgan fingerprint density at radius 2 is 1.80 bits per heavy atom. The van der Waals surface area contributed by atoms with E-state index in [1.165, 1.54) is 5.56 Å².